The normalized spacial score (nSPS) is 13.8. The van der Waals surface area contributed by atoms with Gasteiger partial charge in [-0.1, -0.05) is 24.6 Å². The third kappa shape index (κ3) is 3.68. The highest BCUT2D eigenvalue weighted by atomic mass is 35.5. The van der Waals surface area contributed by atoms with E-state index < -0.39 is 17.4 Å². The number of carbonyl (C=O) groups is 2. The number of rotatable bonds is 6. The zero-order valence-electron chi connectivity index (χ0n) is 10.9. The standard InChI is InChI=1S/C13H17ClN2O3/c1-3-13(2,12(18)19)16-7-9-5-4-8(11(15)17)6-10(9)14/h4-6,16H,3,7H2,1-2H3,(H2,15,17)(H,18,19). The molecule has 0 bridgehead atoms. The van der Waals surface area contributed by atoms with Crippen molar-refractivity contribution in [2.24, 2.45) is 5.73 Å². The number of halogens is 1. The summed E-state index contributed by atoms with van der Waals surface area (Å²) in [6.07, 6.45) is 0.444. The van der Waals surface area contributed by atoms with E-state index in [0.717, 1.165) is 0 Å². The summed E-state index contributed by atoms with van der Waals surface area (Å²) in [5.74, 6) is -1.47. The lowest BCUT2D eigenvalue weighted by molar-refractivity contribution is -0.144. The van der Waals surface area contributed by atoms with Gasteiger partial charge in [0, 0.05) is 17.1 Å². The summed E-state index contributed by atoms with van der Waals surface area (Å²) in [7, 11) is 0. The van der Waals surface area contributed by atoms with Crippen LogP contribution in [0.3, 0.4) is 0 Å². The van der Waals surface area contributed by atoms with Crippen LogP contribution in [0.5, 0.6) is 0 Å². The number of carbonyl (C=O) groups excluding carboxylic acids is 1. The second-order valence-corrected chi connectivity index (χ2v) is 4.92. The first-order chi connectivity index (χ1) is 8.80. The maximum absolute atomic E-state index is 11.1. The topological polar surface area (TPSA) is 92.4 Å². The van der Waals surface area contributed by atoms with Crippen molar-refractivity contribution in [2.45, 2.75) is 32.4 Å². The molecule has 0 aliphatic heterocycles. The molecule has 104 valence electrons. The monoisotopic (exact) mass is 284 g/mol. The highest BCUT2D eigenvalue weighted by molar-refractivity contribution is 6.31. The highest BCUT2D eigenvalue weighted by Gasteiger charge is 2.30. The molecule has 0 aliphatic carbocycles. The van der Waals surface area contributed by atoms with E-state index in [1.54, 1.807) is 26.0 Å². The van der Waals surface area contributed by atoms with Gasteiger partial charge in [0.05, 0.1) is 0 Å². The van der Waals surface area contributed by atoms with E-state index in [1.165, 1.54) is 6.07 Å². The van der Waals surface area contributed by atoms with Crippen LogP contribution >= 0.6 is 11.6 Å². The highest BCUT2D eigenvalue weighted by Crippen LogP contribution is 2.19. The number of amides is 1. The number of nitrogens with two attached hydrogens (primary N) is 1. The minimum atomic E-state index is -1.01. The van der Waals surface area contributed by atoms with Gasteiger partial charge in [0.15, 0.2) is 0 Å². The maximum atomic E-state index is 11.1. The molecule has 0 spiro atoms. The first-order valence-corrected chi connectivity index (χ1v) is 6.24. The second kappa shape index (κ2) is 6.04. The minimum absolute atomic E-state index is 0.300. The fraction of sp³-hybridized carbons (Fsp3) is 0.385. The molecule has 0 aliphatic rings. The molecule has 1 atom stereocenters. The van der Waals surface area contributed by atoms with Crippen molar-refractivity contribution in [1.82, 2.24) is 5.32 Å². The third-order valence-electron chi connectivity index (χ3n) is 3.19. The fourth-order valence-electron chi connectivity index (χ4n) is 1.49. The summed E-state index contributed by atoms with van der Waals surface area (Å²) in [6, 6.07) is 4.70. The number of hydrogen-bond donors (Lipinski definition) is 3. The van der Waals surface area contributed by atoms with E-state index in [2.05, 4.69) is 5.32 Å². The van der Waals surface area contributed by atoms with Gasteiger partial charge in [-0.3, -0.25) is 14.9 Å². The average Bonchev–Trinajstić information content (AvgIpc) is 2.36. The molecule has 0 radical (unpaired) electrons. The molecule has 0 heterocycles. The molecule has 19 heavy (non-hydrogen) atoms. The number of nitrogens with one attached hydrogen (secondary N) is 1. The van der Waals surface area contributed by atoms with Crippen molar-refractivity contribution in [1.29, 1.82) is 0 Å². The number of carboxylic acids is 1. The van der Waals surface area contributed by atoms with Crippen LogP contribution in [0.15, 0.2) is 18.2 Å². The summed E-state index contributed by atoms with van der Waals surface area (Å²) in [5.41, 5.74) is 5.18. The predicted molar refractivity (Wildman–Crippen MR) is 73.1 cm³/mol. The Balaban J connectivity index is 2.84. The Bertz CT molecular complexity index is 505. The Morgan fingerprint density at radius 1 is 1.47 bits per heavy atom. The molecule has 0 fully saturated rings. The Morgan fingerprint density at radius 2 is 2.11 bits per heavy atom. The molecule has 1 aromatic rings. The smallest absolute Gasteiger partial charge is 0.323 e. The van der Waals surface area contributed by atoms with E-state index >= 15 is 0 Å². The summed E-state index contributed by atoms with van der Waals surface area (Å²) in [4.78, 5) is 22.1. The Labute approximate surface area is 116 Å². The van der Waals surface area contributed by atoms with Gasteiger partial charge in [-0.25, -0.2) is 0 Å². The lowest BCUT2D eigenvalue weighted by Crippen LogP contribution is -2.48. The molecule has 1 unspecified atom stereocenters. The molecular formula is C13H17ClN2O3. The summed E-state index contributed by atoms with van der Waals surface area (Å²) in [6.45, 7) is 3.70. The molecular weight excluding hydrogens is 268 g/mol. The summed E-state index contributed by atoms with van der Waals surface area (Å²) in [5, 5.41) is 12.5. The number of aliphatic carboxylic acids is 1. The van der Waals surface area contributed by atoms with Gasteiger partial charge in [-0.15, -0.1) is 0 Å². The van der Waals surface area contributed by atoms with Crippen molar-refractivity contribution in [3.63, 3.8) is 0 Å². The van der Waals surface area contributed by atoms with Gasteiger partial charge in [0.2, 0.25) is 5.91 Å². The summed E-state index contributed by atoms with van der Waals surface area (Å²) < 4.78 is 0. The first-order valence-electron chi connectivity index (χ1n) is 5.87. The van der Waals surface area contributed by atoms with Gasteiger partial charge in [-0.05, 0) is 31.0 Å². The number of primary amides is 1. The fourth-order valence-corrected chi connectivity index (χ4v) is 1.73. The minimum Gasteiger partial charge on any atom is -0.480 e. The molecule has 0 saturated carbocycles. The van der Waals surface area contributed by atoms with Crippen LogP contribution in [-0.4, -0.2) is 22.5 Å². The number of hydrogen-bond acceptors (Lipinski definition) is 3. The molecule has 1 amide bonds. The van der Waals surface area contributed by atoms with Gasteiger partial charge >= 0.3 is 5.97 Å². The SMILES string of the molecule is CCC(C)(NCc1ccc(C(N)=O)cc1Cl)C(=O)O. The van der Waals surface area contributed by atoms with E-state index in [4.69, 9.17) is 22.4 Å². The molecule has 0 saturated heterocycles. The van der Waals surface area contributed by atoms with Crippen LogP contribution in [0.1, 0.15) is 36.2 Å². The Morgan fingerprint density at radius 3 is 2.53 bits per heavy atom. The first kappa shape index (κ1) is 15.5. The van der Waals surface area contributed by atoms with Crippen LogP contribution in [0.4, 0.5) is 0 Å². The quantitative estimate of drug-likeness (QED) is 0.742. The Hall–Kier alpha value is -1.59. The van der Waals surface area contributed by atoms with Gasteiger partial charge in [0.25, 0.3) is 0 Å². The van der Waals surface area contributed by atoms with Crippen molar-refractivity contribution >= 4 is 23.5 Å². The van der Waals surface area contributed by atoms with E-state index in [0.29, 0.717) is 29.1 Å². The van der Waals surface area contributed by atoms with Gasteiger partial charge in [-0.2, -0.15) is 0 Å². The van der Waals surface area contributed by atoms with Crippen molar-refractivity contribution < 1.29 is 14.7 Å². The van der Waals surface area contributed by atoms with Crippen molar-refractivity contribution in [2.75, 3.05) is 0 Å². The molecule has 6 heteroatoms. The van der Waals surface area contributed by atoms with Gasteiger partial charge in [0.1, 0.15) is 5.54 Å². The zero-order chi connectivity index (χ0) is 14.6. The van der Waals surface area contributed by atoms with Crippen LogP contribution in [0.25, 0.3) is 0 Å². The zero-order valence-corrected chi connectivity index (χ0v) is 11.6. The van der Waals surface area contributed by atoms with Crippen LogP contribution in [0, 0.1) is 0 Å². The third-order valence-corrected chi connectivity index (χ3v) is 3.54. The molecule has 1 aromatic carbocycles. The van der Waals surface area contributed by atoms with Gasteiger partial charge < -0.3 is 10.8 Å². The molecule has 1 rings (SSSR count). The second-order valence-electron chi connectivity index (χ2n) is 4.51. The maximum Gasteiger partial charge on any atom is 0.323 e. The van der Waals surface area contributed by atoms with E-state index in [9.17, 15) is 9.59 Å². The molecule has 0 aromatic heterocycles. The lowest BCUT2D eigenvalue weighted by Gasteiger charge is -2.25. The van der Waals surface area contributed by atoms with Crippen LogP contribution in [-0.2, 0) is 11.3 Å². The summed E-state index contributed by atoms with van der Waals surface area (Å²) >= 11 is 6.03. The number of carboxylic acid groups (broad SMARTS) is 1. The van der Waals surface area contributed by atoms with E-state index in [1.807, 2.05) is 0 Å². The van der Waals surface area contributed by atoms with E-state index in [-0.39, 0.29) is 0 Å². The molecule has 4 N–H and O–H groups in total. The largest absolute Gasteiger partial charge is 0.480 e. The van der Waals surface area contributed by atoms with Crippen molar-refractivity contribution in [3.05, 3.63) is 34.3 Å². The Kier molecular flexibility index (Phi) is 4.91. The van der Waals surface area contributed by atoms with Crippen LogP contribution in [0.2, 0.25) is 5.02 Å². The lowest BCUT2D eigenvalue weighted by atomic mass is 9.98. The van der Waals surface area contributed by atoms with Crippen LogP contribution < -0.4 is 11.1 Å². The molecule has 5 nitrogen and oxygen atoms in total. The van der Waals surface area contributed by atoms with Crippen molar-refractivity contribution in [3.8, 4) is 0 Å². The predicted octanol–water partition coefficient (Wildman–Crippen LogP) is 1.78. The number of benzene rings is 1. The average molecular weight is 285 g/mol.